The summed E-state index contributed by atoms with van der Waals surface area (Å²) in [5, 5.41) is 0. The molecule has 0 rings (SSSR count). The van der Waals surface area contributed by atoms with Crippen LogP contribution in [0.5, 0.6) is 0 Å². The van der Waals surface area contributed by atoms with Gasteiger partial charge in [-0.05, 0) is 6.42 Å². The average Bonchev–Trinajstić information content (AvgIpc) is 2.76. The Morgan fingerprint density at radius 1 is 0.267 bits per heavy atom. The summed E-state index contributed by atoms with van der Waals surface area (Å²) in [4.78, 5) is 0. The van der Waals surface area contributed by atoms with Crippen molar-refractivity contribution < 1.29 is 0 Å². The van der Waals surface area contributed by atoms with Gasteiger partial charge in [0.2, 0.25) is 0 Å². The van der Waals surface area contributed by atoms with Crippen LogP contribution in [0.4, 0.5) is 0 Å². The highest BCUT2D eigenvalue weighted by Crippen LogP contribution is 2.15. The van der Waals surface area contributed by atoms with Gasteiger partial charge in [-0.25, -0.2) is 0 Å². The molecule has 1 radical (unpaired) electrons. The maximum absolute atomic E-state index is 2.57. The van der Waals surface area contributed by atoms with Crippen molar-refractivity contribution in [3.8, 4) is 0 Å². The molecule has 181 valence electrons. The van der Waals surface area contributed by atoms with Crippen LogP contribution < -0.4 is 0 Å². The fraction of sp³-hybridized carbons (Fsp3) is 0.967. The fourth-order valence-corrected chi connectivity index (χ4v) is 4.58. The van der Waals surface area contributed by atoms with Crippen molar-refractivity contribution in [1.29, 1.82) is 0 Å². The van der Waals surface area contributed by atoms with Gasteiger partial charge in [0.25, 0.3) is 0 Å². The van der Waals surface area contributed by atoms with Crippen molar-refractivity contribution in [2.75, 3.05) is 0 Å². The van der Waals surface area contributed by atoms with Gasteiger partial charge in [-0.2, -0.15) is 0 Å². The lowest BCUT2D eigenvalue weighted by Gasteiger charge is -2.04. The van der Waals surface area contributed by atoms with E-state index >= 15 is 0 Å². The van der Waals surface area contributed by atoms with Crippen LogP contribution in [0.3, 0.4) is 0 Å². The molecular formula is C30H61. The highest BCUT2D eigenvalue weighted by atomic mass is 14.0. The predicted molar refractivity (Wildman–Crippen MR) is 140 cm³/mol. The van der Waals surface area contributed by atoms with Gasteiger partial charge in [0.1, 0.15) is 0 Å². The van der Waals surface area contributed by atoms with Crippen molar-refractivity contribution in [3.05, 3.63) is 6.42 Å². The molecule has 0 saturated heterocycles. The van der Waals surface area contributed by atoms with Gasteiger partial charge in [-0.3, -0.25) is 0 Å². The van der Waals surface area contributed by atoms with Crippen molar-refractivity contribution in [3.63, 3.8) is 0 Å². The first kappa shape index (κ1) is 30.0. The van der Waals surface area contributed by atoms with E-state index in [1.54, 1.807) is 0 Å². The molecule has 0 nitrogen and oxygen atoms in total. The molecule has 0 aromatic heterocycles. The molecule has 0 atom stereocenters. The first-order chi connectivity index (χ1) is 14.9. The summed E-state index contributed by atoms with van der Waals surface area (Å²) in [6.45, 7) is 4.61. The Bertz CT molecular complexity index is 241. The molecular weight excluding hydrogens is 360 g/mol. The predicted octanol–water partition coefficient (Wildman–Crippen LogP) is 11.8. The Kier molecular flexibility index (Phi) is 29.0. The smallest absolute Gasteiger partial charge is 0.0386 e. The van der Waals surface area contributed by atoms with Crippen LogP contribution in [0.1, 0.15) is 187 Å². The Balaban J connectivity index is 2.97. The standard InChI is InChI=1S/C30H61/c1-3-5-7-9-11-13-15-17-19-21-23-25-27-29-30-28-26-24-22-20-18-16-14-12-10-8-6-4-2/h21H,3-20,22-30H2,1-2H3. The molecule has 0 bridgehead atoms. The molecule has 0 aliphatic heterocycles. The Morgan fingerprint density at radius 3 is 0.700 bits per heavy atom. The molecule has 0 saturated carbocycles. The van der Waals surface area contributed by atoms with Gasteiger partial charge in [0, 0.05) is 0 Å². The summed E-state index contributed by atoms with van der Waals surface area (Å²) in [5.41, 5.74) is 0. The molecule has 0 aromatic rings. The van der Waals surface area contributed by atoms with E-state index < -0.39 is 0 Å². The number of unbranched alkanes of at least 4 members (excludes halogenated alkanes) is 27. The van der Waals surface area contributed by atoms with Crippen molar-refractivity contribution >= 4 is 0 Å². The lowest BCUT2D eigenvalue weighted by atomic mass is 10.0. The topological polar surface area (TPSA) is 0 Å². The zero-order chi connectivity index (χ0) is 21.8. The van der Waals surface area contributed by atoms with E-state index in [2.05, 4.69) is 20.3 Å². The molecule has 0 unspecified atom stereocenters. The van der Waals surface area contributed by atoms with Crippen LogP contribution in [-0.2, 0) is 0 Å². The van der Waals surface area contributed by atoms with Gasteiger partial charge in [-0.1, -0.05) is 187 Å². The lowest BCUT2D eigenvalue weighted by Crippen LogP contribution is -1.85. The number of hydrogen-bond donors (Lipinski definition) is 0. The zero-order valence-electron chi connectivity index (χ0n) is 21.7. The molecule has 0 fully saturated rings. The third kappa shape index (κ3) is 28.0. The summed E-state index contributed by atoms with van der Waals surface area (Å²) in [6.07, 6.45) is 41.9. The lowest BCUT2D eigenvalue weighted by molar-refractivity contribution is 0.526. The summed E-state index contributed by atoms with van der Waals surface area (Å²) in [5.74, 6) is 0. The maximum atomic E-state index is 2.57. The third-order valence-electron chi connectivity index (χ3n) is 6.77. The van der Waals surface area contributed by atoms with Gasteiger partial charge >= 0.3 is 0 Å². The molecule has 0 aliphatic carbocycles. The van der Waals surface area contributed by atoms with Gasteiger partial charge in [0.05, 0.1) is 0 Å². The van der Waals surface area contributed by atoms with Gasteiger partial charge < -0.3 is 0 Å². The monoisotopic (exact) mass is 421 g/mol. The zero-order valence-corrected chi connectivity index (χ0v) is 21.7. The van der Waals surface area contributed by atoms with Gasteiger partial charge in [0.15, 0.2) is 0 Å². The Labute approximate surface area is 193 Å². The van der Waals surface area contributed by atoms with E-state index in [1.807, 2.05) is 0 Å². The minimum atomic E-state index is 1.37. The largest absolute Gasteiger partial charge is 0.0654 e. The molecule has 0 amide bonds. The molecule has 30 heavy (non-hydrogen) atoms. The second-order valence-electron chi connectivity index (χ2n) is 10.00. The van der Waals surface area contributed by atoms with E-state index in [-0.39, 0.29) is 0 Å². The van der Waals surface area contributed by atoms with Crippen molar-refractivity contribution in [1.82, 2.24) is 0 Å². The SMILES string of the molecule is CCCCCCCCCC[CH]CCCCCCCCCCCCCCCCCCC. The van der Waals surface area contributed by atoms with E-state index in [0.29, 0.717) is 0 Å². The quantitative estimate of drug-likeness (QED) is 0.116. The summed E-state index contributed by atoms with van der Waals surface area (Å²) >= 11 is 0. The highest BCUT2D eigenvalue weighted by molar-refractivity contribution is 4.64. The minimum Gasteiger partial charge on any atom is -0.0654 e. The first-order valence-corrected chi connectivity index (χ1v) is 14.7. The summed E-state index contributed by atoms with van der Waals surface area (Å²) in [6, 6.07) is 0. The Hall–Kier alpha value is 0. The number of hydrogen-bond acceptors (Lipinski definition) is 0. The molecule has 0 spiro atoms. The summed E-state index contributed by atoms with van der Waals surface area (Å²) < 4.78 is 0. The van der Waals surface area contributed by atoms with Crippen LogP contribution in [0, 0.1) is 6.42 Å². The van der Waals surface area contributed by atoms with Crippen molar-refractivity contribution in [2.45, 2.75) is 187 Å². The first-order valence-electron chi connectivity index (χ1n) is 14.7. The molecule has 0 N–H and O–H groups in total. The third-order valence-corrected chi connectivity index (χ3v) is 6.77. The maximum Gasteiger partial charge on any atom is -0.0386 e. The Morgan fingerprint density at radius 2 is 0.467 bits per heavy atom. The van der Waals surface area contributed by atoms with E-state index in [1.165, 1.54) is 173 Å². The van der Waals surface area contributed by atoms with Crippen LogP contribution >= 0.6 is 0 Å². The molecule has 0 aromatic carbocycles. The minimum absolute atomic E-state index is 1.37. The molecule has 0 heterocycles. The second-order valence-corrected chi connectivity index (χ2v) is 10.00. The fourth-order valence-electron chi connectivity index (χ4n) is 4.58. The van der Waals surface area contributed by atoms with E-state index in [0.717, 1.165) is 0 Å². The molecule has 0 aliphatic rings. The van der Waals surface area contributed by atoms with Crippen molar-refractivity contribution in [2.24, 2.45) is 0 Å². The summed E-state index contributed by atoms with van der Waals surface area (Å²) in [7, 11) is 0. The van der Waals surface area contributed by atoms with Crippen LogP contribution in [0.15, 0.2) is 0 Å². The van der Waals surface area contributed by atoms with Crippen LogP contribution in [0.2, 0.25) is 0 Å². The number of rotatable bonds is 27. The van der Waals surface area contributed by atoms with Crippen LogP contribution in [-0.4, -0.2) is 0 Å². The molecule has 0 heteroatoms. The van der Waals surface area contributed by atoms with Gasteiger partial charge in [-0.15, -0.1) is 0 Å². The van der Waals surface area contributed by atoms with Crippen LogP contribution in [0.25, 0.3) is 0 Å². The second kappa shape index (κ2) is 29.0. The van der Waals surface area contributed by atoms with E-state index in [9.17, 15) is 0 Å². The van der Waals surface area contributed by atoms with E-state index in [4.69, 9.17) is 0 Å². The average molecular weight is 422 g/mol. The normalized spacial score (nSPS) is 11.4. The highest BCUT2D eigenvalue weighted by Gasteiger charge is 1.96.